The molecule has 1 spiro atoms. The fraction of sp³-hybridized carbons (Fsp3) is 0.370. The van der Waals surface area contributed by atoms with Crippen LogP contribution in [0.4, 0.5) is 22.9 Å². The minimum absolute atomic E-state index is 0.0522. The van der Waals surface area contributed by atoms with Gasteiger partial charge in [0, 0.05) is 49.1 Å². The Morgan fingerprint density at radius 1 is 1.14 bits per heavy atom. The van der Waals surface area contributed by atoms with Crippen molar-refractivity contribution >= 4 is 28.8 Å². The summed E-state index contributed by atoms with van der Waals surface area (Å²) in [4.78, 5) is 23.6. The van der Waals surface area contributed by atoms with E-state index in [2.05, 4.69) is 33.2 Å². The molecule has 0 saturated carbocycles. The van der Waals surface area contributed by atoms with Crippen LogP contribution in [0, 0.1) is 6.92 Å². The molecule has 5 rings (SSSR count). The predicted molar refractivity (Wildman–Crippen MR) is 141 cm³/mol. The number of benzene rings is 2. The number of carbonyl (C=O) groups excluding carboxylic acids is 1. The van der Waals surface area contributed by atoms with Gasteiger partial charge in [-0.1, -0.05) is 13.0 Å². The van der Waals surface area contributed by atoms with Crippen LogP contribution in [0.1, 0.15) is 41.5 Å². The standard InChI is InChI=1S/C27H32N6O4/c1-3-21-26(37-20-6-4-5-18(28)16-20)32-25(23(31-21)24(29)34)30-19-7-8-22(17(2)15-19)33-11-9-27(10-12-33)35-13-14-36-27/h4-8,15-16H,3,9-14,28H2,1-2H3,(H2,29,34)(H,30,32). The number of piperidine rings is 1. The van der Waals surface area contributed by atoms with E-state index in [1.165, 1.54) is 0 Å². The molecule has 0 radical (unpaired) electrons. The number of rotatable bonds is 7. The first-order valence-corrected chi connectivity index (χ1v) is 12.5. The lowest BCUT2D eigenvalue weighted by atomic mass is 10.0. The molecule has 0 unspecified atom stereocenters. The molecule has 5 N–H and O–H groups in total. The van der Waals surface area contributed by atoms with Gasteiger partial charge in [0.05, 0.1) is 13.2 Å². The molecule has 194 valence electrons. The largest absolute Gasteiger partial charge is 0.437 e. The molecule has 10 heteroatoms. The first-order valence-electron chi connectivity index (χ1n) is 12.5. The van der Waals surface area contributed by atoms with Crippen LogP contribution in [0.15, 0.2) is 42.5 Å². The Bertz CT molecular complexity index is 1300. The van der Waals surface area contributed by atoms with Gasteiger partial charge in [0.1, 0.15) is 11.4 Å². The number of hydrogen-bond donors (Lipinski definition) is 3. The highest BCUT2D eigenvalue weighted by atomic mass is 16.7. The van der Waals surface area contributed by atoms with E-state index in [9.17, 15) is 4.79 Å². The number of nitrogens with two attached hydrogens (primary N) is 2. The van der Waals surface area contributed by atoms with Crippen LogP contribution in [0.3, 0.4) is 0 Å². The quantitative estimate of drug-likeness (QED) is 0.409. The van der Waals surface area contributed by atoms with E-state index in [0.29, 0.717) is 36.8 Å². The van der Waals surface area contributed by atoms with Gasteiger partial charge in [0.2, 0.25) is 5.88 Å². The van der Waals surface area contributed by atoms with Gasteiger partial charge in [-0.05, 0) is 49.2 Å². The third kappa shape index (κ3) is 5.30. The number of ether oxygens (including phenoxy) is 3. The minimum Gasteiger partial charge on any atom is -0.437 e. The highest BCUT2D eigenvalue weighted by Crippen LogP contribution is 2.35. The SMILES string of the molecule is CCc1nc(C(N)=O)c(Nc2ccc(N3CCC4(CC3)OCCO4)c(C)c2)nc1Oc1cccc(N)c1. The monoisotopic (exact) mass is 504 g/mol. The van der Waals surface area contributed by atoms with Crippen molar-refractivity contribution in [3.63, 3.8) is 0 Å². The second-order valence-corrected chi connectivity index (χ2v) is 9.29. The van der Waals surface area contributed by atoms with Crippen LogP contribution < -0.4 is 26.4 Å². The summed E-state index contributed by atoms with van der Waals surface area (Å²) >= 11 is 0. The Morgan fingerprint density at radius 2 is 1.89 bits per heavy atom. The molecule has 1 aromatic heterocycles. The molecule has 2 saturated heterocycles. The normalized spacial score (nSPS) is 16.6. The summed E-state index contributed by atoms with van der Waals surface area (Å²) in [5.41, 5.74) is 15.7. The molecular formula is C27H32N6O4. The number of nitrogen functional groups attached to an aromatic ring is 1. The molecule has 0 aliphatic carbocycles. The van der Waals surface area contributed by atoms with Crippen LogP contribution >= 0.6 is 0 Å². The van der Waals surface area contributed by atoms with E-state index in [-0.39, 0.29) is 17.4 Å². The molecule has 2 fully saturated rings. The van der Waals surface area contributed by atoms with Crippen molar-refractivity contribution in [2.24, 2.45) is 5.73 Å². The average Bonchev–Trinajstić information content (AvgIpc) is 3.33. The number of amides is 1. The molecule has 3 heterocycles. The van der Waals surface area contributed by atoms with E-state index in [0.717, 1.165) is 42.9 Å². The van der Waals surface area contributed by atoms with Gasteiger partial charge in [-0.3, -0.25) is 4.79 Å². The molecular weight excluding hydrogens is 472 g/mol. The van der Waals surface area contributed by atoms with Gasteiger partial charge >= 0.3 is 0 Å². The van der Waals surface area contributed by atoms with Gasteiger partial charge in [0.25, 0.3) is 5.91 Å². The predicted octanol–water partition coefficient (Wildman–Crippen LogP) is 3.91. The molecule has 2 aliphatic rings. The Balaban J connectivity index is 1.38. The summed E-state index contributed by atoms with van der Waals surface area (Å²) in [6, 6.07) is 13.1. The number of primary amides is 1. The zero-order valence-corrected chi connectivity index (χ0v) is 21.1. The van der Waals surface area contributed by atoms with Crippen molar-refractivity contribution in [2.45, 2.75) is 38.9 Å². The van der Waals surface area contributed by atoms with Gasteiger partial charge in [-0.15, -0.1) is 0 Å². The number of carbonyl (C=O) groups is 1. The van der Waals surface area contributed by atoms with E-state index in [1.807, 2.05) is 19.1 Å². The Labute approximate surface area is 215 Å². The highest BCUT2D eigenvalue weighted by molar-refractivity contribution is 5.96. The maximum atomic E-state index is 12.2. The van der Waals surface area contributed by atoms with Crippen molar-refractivity contribution in [2.75, 3.05) is 42.3 Å². The minimum atomic E-state index is -0.674. The van der Waals surface area contributed by atoms with E-state index in [4.69, 9.17) is 25.7 Å². The third-order valence-electron chi connectivity index (χ3n) is 6.71. The topological polar surface area (TPSA) is 138 Å². The van der Waals surface area contributed by atoms with Crippen molar-refractivity contribution in [3.8, 4) is 11.6 Å². The summed E-state index contributed by atoms with van der Waals surface area (Å²) in [5, 5.41) is 3.22. The molecule has 0 bridgehead atoms. The van der Waals surface area contributed by atoms with Crippen molar-refractivity contribution < 1.29 is 19.0 Å². The van der Waals surface area contributed by atoms with Crippen LogP contribution in [-0.2, 0) is 15.9 Å². The molecule has 2 aromatic carbocycles. The lowest BCUT2D eigenvalue weighted by Gasteiger charge is -2.39. The first kappa shape index (κ1) is 24.8. The van der Waals surface area contributed by atoms with E-state index < -0.39 is 11.7 Å². The number of anilines is 4. The first-order chi connectivity index (χ1) is 17.9. The van der Waals surface area contributed by atoms with Crippen molar-refractivity contribution in [3.05, 3.63) is 59.4 Å². The maximum Gasteiger partial charge on any atom is 0.271 e. The zero-order valence-electron chi connectivity index (χ0n) is 21.1. The lowest BCUT2D eigenvalue weighted by Crippen LogP contribution is -2.45. The fourth-order valence-electron chi connectivity index (χ4n) is 4.81. The Morgan fingerprint density at radius 3 is 2.54 bits per heavy atom. The Kier molecular flexibility index (Phi) is 6.86. The van der Waals surface area contributed by atoms with Gasteiger partial charge in [0.15, 0.2) is 17.3 Å². The highest BCUT2D eigenvalue weighted by Gasteiger charge is 2.40. The second-order valence-electron chi connectivity index (χ2n) is 9.29. The molecule has 1 amide bonds. The zero-order chi connectivity index (χ0) is 26.0. The van der Waals surface area contributed by atoms with E-state index in [1.54, 1.807) is 24.3 Å². The molecule has 3 aromatic rings. The van der Waals surface area contributed by atoms with Crippen molar-refractivity contribution in [1.82, 2.24) is 9.97 Å². The number of hydrogen-bond acceptors (Lipinski definition) is 9. The number of nitrogens with one attached hydrogen (secondary N) is 1. The maximum absolute atomic E-state index is 12.2. The summed E-state index contributed by atoms with van der Waals surface area (Å²) < 4.78 is 17.7. The summed E-state index contributed by atoms with van der Waals surface area (Å²) in [5.74, 6) is -0.0457. The van der Waals surface area contributed by atoms with Gasteiger partial charge in [-0.2, -0.15) is 4.98 Å². The number of aromatic nitrogens is 2. The fourth-order valence-corrected chi connectivity index (χ4v) is 4.81. The van der Waals surface area contributed by atoms with Crippen LogP contribution in [0.5, 0.6) is 11.6 Å². The van der Waals surface area contributed by atoms with Crippen molar-refractivity contribution in [1.29, 1.82) is 0 Å². The lowest BCUT2D eigenvalue weighted by molar-refractivity contribution is -0.169. The van der Waals surface area contributed by atoms with Crippen LogP contribution in [-0.4, -0.2) is 48.0 Å². The smallest absolute Gasteiger partial charge is 0.271 e. The number of nitrogens with zero attached hydrogens (tertiary/aromatic N) is 3. The molecule has 0 atom stereocenters. The second kappa shape index (κ2) is 10.2. The van der Waals surface area contributed by atoms with Crippen LogP contribution in [0.2, 0.25) is 0 Å². The van der Waals surface area contributed by atoms with Gasteiger partial charge < -0.3 is 35.9 Å². The van der Waals surface area contributed by atoms with Gasteiger partial charge in [-0.25, -0.2) is 4.98 Å². The van der Waals surface area contributed by atoms with E-state index >= 15 is 0 Å². The Hall–Kier alpha value is -3.89. The average molecular weight is 505 g/mol. The molecule has 10 nitrogen and oxygen atoms in total. The summed E-state index contributed by atoms with van der Waals surface area (Å²) in [6.45, 7) is 7.01. The third-order valence-corrected chi connectivity index (χ3v) is 6.71. The number of aryl methyl sites for hydroxylation is 2. The summed E-state index contributed by atoms with van der Waals surface area (Å²) in [6.07, 6.45) is 2.18. The molecule has 2 aliphatic heterocycles. The van der Waals surface area contributed by atoms with Crippen LogP contribution in [0.25, 0.3) is 0 Å². The molecule has 37 heavy (non-hydrogen) atoms. The summed E-state index contributed by atoms with van der Waals surface area (Å²) in [7, 11) is 0.